The third-order valence-electron chi connectivity index (χ3n) is 3.44. The smallest absolute Gasteiger partial charge is 0.241 e. The van der Waals surface area contributed by atoms with E-state index in [4.69, 9.17) is 17.3 Å². The van der Waals surface area contributed by atoms with Crippen LogP contribution in [0.3, 0.4) is 0 Å². The molecule has 2 aromatic rings. The number of carbonyl (C=O) groups is 1. The summed E-state index contributed by atoms with van der Waals surface area (Å²) in [6.45, 7) is 2.02. The summed E-state index contributed by atoms with van der Waals surface area (Å²) in [5, 5.41) is 3.68. The van der Waals surface area contributed by atoms with Crippen LogP contribution in [0.2, 0.25) is 5.02 Å². The minimum absolute atomic E-state index is 0.0653. The fourth-order valence-electron chi connectivity index (χ4n) is 2.19. The molecule has 0 aliphatic carbocycles. The Morgan fingerprint density at radius 1 is 1.10 bits per heavy atom. The van der Waals surface area contributed by atoms with E-state index < -0.39 is 6.04 Å². The molecule has 1 unspecified atom stereocenters. The Hall–Kier alpha value is -1.84. The molecule has 2 rings (SSSR count). The van der Waals surface area contributed by atoms with Crippen LogP contribution >= 0.6 is 11.6 Å². The molecule has 0 bridgehead atoms. The number of nitrogens with one attached hydrogen (secondary N) is 1. The Morgan fingerprint density at radius 2 is 1.71 bits per heavy atom. The molecule has 2 aromatic carbocycles. The number of nitrogens with two attached hydrogens (primary N) is 1. The Labute approximate surface area is 130 Å². The second-order valence-electron chi connectivity index (χ2n) is 4.91. The summed E-state index contributed by atoms with van der Waals surface area (Å²) >= 11 is 5.89. The van der Waals surface area contributed by atoms with Crippen LogP contribution in [-0.4, -0.2) is 5.91 Å². The summed E-state index contributed by atoms with van der Waals surface area (Å²) in [4.78, 5) is 12.3. The molecule has 0 radical (unpaired) electrons. The maximum Gasteiger partial charge on any atom is 0.241 e. The average Bonchev–Trinajstić information content (AvgIpc) is 2.53. The van der Waals surface area contributed by atoms with Gasteiger partial charge in [-0.25, -0.2) is 0 Å². The van der Waals surface area contributed by atoms with Crippen molar-refractivity contribution in [2.75, 3.05) is 0 Å². The van der Waals surface area contributed by atoms with Crippen molar-refractivity contribution in [2.24, 2.45) is 5.73 Å². The Bertz CT molecular complexity index is 583. The zero-order chi connectivity index (χ0) is 15.2. The van der Waals surface area contributed by atoms with E-state index in [9.17, 15) is 4.79 Å². The molecule has 0 aliphatic heterocycles. The van der Waals surface area contributed by atoms with Crippen molar-refractivity contribution in [3.8, 4) is 0 Å². The molecule has 21 heavy (non-hydrogen) atoms. The second-order valence-corrected chi connectivity index (χ2v) is 5.35. The highest BCUT2D eigenvalue weighted by atomic mass is 35.5. The van der Waals surface area contributed by atoms with Crippen molar-refractivity contribution in [1.29, 1.82) is 0 Å². The van der Waals surface area contributed by atoms with Crippen LogP contribution in [0.5, 0.6) is 0 Å². The highest BCUT2D eigenvalue weighted by Gasteiger charge is 2.19. The lowest BCUT2D eigenvalue weighted by atomic mass is 10.0. The van der Waals surface area contributed by atoms with Crippen molar-refractivity contribution >= 4 is 17.5 Å². The summed E-state index contributed by atoms with van der Waals surface area (Å²) in [7, 11) is 0. The SMILES string of the molecule is CCC(NC(=O)[C@H](N)c1ccccc1)c1ccc(Cl)cc1. The van der Waals surface area contributed by atoms with E-state index in [0.29, 0.717) is 5.02 Å². The van der Waals surface area contributed by atoms with Gasteiger partial charge in [-0.15, -0.1) is 0 Å². The summed E-state index contributed by atoms with van der Waals surface area (Å²) in [5.74, 6) is -0.178. The highest BCUT2D eigenvalue weighted by Crippen LogP contribution is 2.20. The van der Waals surface area contributed by atoms with Gasteiger partial charge in [0.25, 0.3) is 0 Å². The van der Waals surface area contributed by atoms with Gasteiger partial charge in [0.05, 0.1) is 6.04 Å². The first-order valence-corrected chi connectivity index (χ1v) is 7.36. The van der Waals surface area contributed by atoms with Crippen LogP contribution in [0.25, 0.3) is 0 Å². The number of halogens is 1. The number of hydrogen-bond acceptors (Lipinski definition) is 2. The summed E-state index contributed by atoms with van der Waals surface area (Å²) in [5.41, 5.74) is 7.84. The Morgan fingerprint density at radius 3 is 2.29 bits per heavy atom. The van der Waals surface area contributed by atoms with Crippen LogP contribution in [0.4, 0.5) is 0 Å². The predicted octanol–water partition coefficient (Wildman–Crippen LogP) is 3.61. The molecule has 0 saturated heterocycles. The molecule has 0 aliphatic rings. The summed E-state index contributed by atoms with van der Waals surface area (Å²) in [6, 6.07) is 16.1. The van der Waals surface area contributed by atoms with E-state index in [-0.39, 0.29) is 11.9 Å². The zero-order valence-corrected chi connectivity index (χ0v) is 12.7. The topological polar surface area (TPSA) is 55.1 Å². The molecule has 0 aromatic heterocycles. The molecule has 1 amide bonds. The average molecular weight is 303 g/mol. The van der Waals surface area contributed by atoms with Crippen LogP contribution in [-0.2, 0) is 4.79 Å². The van der Waals surface area contributed by atoms with Crippen molar-refractivity contribution in [2.45, 2.75) is 25.4 Å². The quantitative estimate of drug-likeness (QED) is 0.886. The number of hydrogen-bond donors (Lipinski definition) is 2. The monoisotopic (exact) mass is 302 g/mol. The third kappa shape index (κ3) is 4.06. The fraction of sp³-hybridized carbons (Fsp3) is 0.235. The van der Waals surface area contributed by atoms with Crippen molar-refractivity contribution in [3.63, 3.8) is 0 Å². The largest absolute Gasteiger partial charge is 0.348 e. The minimum atomic E-state index is -0.660. The van der Waals surface area contributed by atoms with Gasteiger partial charge < -0.3 is 11.1 Å². The molecular formula is C17H19ClN2O. The maximum absolute atomic E-state index is 12.3. The number of amides is 1. The van der Waals surface area contributed by atoms with Gasteiger partial charge in [-0.05, 0) is 29.7 Å². The first-order chi connectivity index (χ1) is 10.1. The zero-order valence-electron chi connectivity index (χ0n) is 11.9. The van der Waals surface area contributed by atoms with Gasteiger partial charge in [0.15, 0.2) is 0 Å². The van der Waals surface area contributed by atoms with Crippen LogP contribution in [0, 0.1) is 0 Å². The van der Waals surface area contributed by atoms with Crippen molar-refractivity contribution < 1.29 is 4.79 Å². The van der Waals surface area contributed by atoms with Gasteiger partial charge in [0.1, 0.15) is 6.04 Å². The van der Waals surface area contributed by atoms with E-state index in [1.54, 1.807) is 0 Å². The minimum Gasteiger partial charge on any atom is -0.348 e. The van der Waals surface area contributed by atoms with E-state index in [1.165, 1.54) is 0 Å². The van der Waals surface area contributed by atoms with E-state index in [2.05, 4.69) is 5.32 Å². The lowest BCUT2D eigenvalue weighted by molar-refractivity contribution is -0.123. The van der Waals surface area contributed by atoms with Crippen molar-refractivity contribution in [3.05, 3.63) is 70.7 Å². The first kappa shape index (κ1) is 15.5. The molecule has 2 atom stereocenters. The molecule has 110 valence electrons. The molecule has 3 N–H and O–H groups in total. The normalized spacial score (nSPS) is 13.5. The molecule has 0 spiro atoms. The van der Waals surface area contributed by atoms with Gasteiger partial charge in [0.2, 0.25) is 5.91 Å². The van der Waals surface area contributed by atoms with Crippen molar-refractivity contribution in [1.82, 2.24) is 5.32 Å². The van der Waals surface area contributed by atoms with Gasteiger partial charge in [-0.2, -0.15) is 0 Å². The van der Waals surface area contributed by atoms with E-state index in [1.807, 2.05) is 61.5 Å². The standard InChI is InChI=1S/C17H19ClN2O/c1-2-15(12-8-10-14(18)11-9-12)20-17(21)16(19)13-6-4-3-5-7-13/h3-11,15-16H,2,19H2,1H3,(H,20,21)/t15?,16-/m1/s1. The number of rotatable bonds is 5. The molecule has 0 fully saturated rings. The lowest BCUT2D eigenvalue weighted by Crippen LogP contribution is -2.36. The molecule has 4 heteroatoms. The van der Waals surface area contributed by atoms with E-state index in [0.717, 1.165) is 17.5 Å². The fourth-order valence-corrected chi connectivity index (χ4v) is 2.32. The summed E-state index contributed by atoms with van der Waals surface area (Å²) < 4.78 is 0. The molecular weight excluding hydrogens is 284 g/mol. The van der Waals surface area contributed by atoms with Crippen LogP contribution < -0.4 is 11.1 Å². The third-order valence-corrected chi connectivity index (χ3v) is 3.69. The second kappa shape index (κ2) is 7.25. The van der Waals surface area contributed by atoms with Crippen LogP contribution in [0.15, 0.2) is 54.6 Å². The number of carbonyl (C=O) groups excluding carboxylic acids is 1. The molecule has 0 heterocycles. The predicted molar refractivity (Wildman–Crippen MR) is 86.0 cm³/mol. The van der Waals surface area contributed by atoms with Gasteiger partial charge in [-0.3, -0.25) is 4.79 Å². The Kier molecular flexibility index (Phi) is 5.37. The van der Waals surface area contributed by atoms with Gasteiger partial charge in [-0.1, -0.05) is 61.0 Å². The Balaban J connectivity index is 2.08. The van der Waals surface area contributed by atoms with Gasteiger partial charge >= 0.3 is 0 Å². The molecule has 0 saturated carbocycles. The van der Waals surface area contributed by atoms with Crippen LogP contribution in [0.1, 0.15) is 36.6 Å². The summed E-state index contributed by atoms with van der Waals surface area (Å²) in [6.07, 6.45) is 0.787. The first-order valence-electron chi connectivity index (χ1n) is 6.98. The lowest BCUT2D eigenvalue weighted by Gasteiger charge is -2.20. The highest BCUT2D eigenvalue weighted by molar-refractivity contribution is 6.30. The van der Waals surface area contributed by atoms with Gasteiger partial charge in [0, 0.05) is 5.02 Å². The van der Waals surface area contributed by atoms with E-state index >= 15 is 0 Å². The molecule has 3 nitrogen and oxygen atoms in total. The number of benzene rings is 2. The maximum atomic E-state index is 12.3.